The van der Waals surface area contributed by atoms with E-state index in [4.69, 9.17) is 17.3 Å². The van der Waals surface area contributed by atoms with Crippen LogP contribution in [0.25, 0.3) is 0 Å². The number of anilines is 1. The summed E-state index contributed by atoms with van der Waals surface area (Å²) in [5.41, 5.74) is 9.48. The normalized spacial score (nSPS) is 13.9. The molecule has 0 bridgehead atoms. The Labute approximate surface area is 122 Å². The number of rotatable bonds is 1. The van der Waals surface area contributed by atoms with E-state index in [1.165, 1.54) is 11.8 Å². The molecule has 0 aliphatic carbocycles. The predicted molar refractivity (Wildman–Crippen MR) is 78.5 cm³/mol. The molecule has 2 aromatic rings. The summed E-state index contributed by atoms with van der Waals surface area (Å²) in [7, 11) is 0. The van der Waals surface area contributed by atoms with Gasteiger partial charge in [-0.2, -0.15) is 0 Å². The van der Waals surface area contributed by atoms with Crippen molar-refractivity contribution in [2.75, 3.05) is 12.3 Å². The van der Waals surface area contributed by atoms with Gasteiger partial charge in [0.15, 0.2) is 0 Å². The van der Waals surface area contributed by atoms with Crippen molar-refractivity contribution in [1.29, 1.82) is 0 Å². The number of nitrogens with zero attached hydrogens (tertiary/aromatic N) is 2. The number of nitrogen functional groups attached to an aromatic ring is 1. The van der Waals surface area contributed by atoms with Gasteiger partial charge < -0.3 is 10.6 Å². The molecule has 1 amide bonds. The van der Waals surface area contributed by atoms with Gasteiger partial charge in [0.2, 0.25) is 0 Å². The van der Waals surface area contributed by atoms with Crippen LogP contribution < -0.4 is 5.73 Å². The number of benzene rings is 1. The average Bonchev–Trinajstić information content (AvgIpc) is 2.47. The third kappa shape index (κ3) is 2.23. The summed E-state index contributed by atoms with van der Waals surface area (Å²) in [6.45, 7) is 1.20. The molecular weight excluding hydrogens is 274 g/mol. The fraction of sp³-hybridized carbons (Fsp3) is 0.200. The first-order chi connectivity index (χ1) is 9.66. The number of nitrogens with two attached hydrogens (primary N) is 1. The van der Waals surface area contributed by atoms with Crippen LogP contribution in [0.3, 0.4) is 0 Å². The largest absolute Gasteiger partial charge is 0.398 e. The van der Waals surface area contributed by atoms with Crippen molar-refractivity contribution in [3.63, 3.8) is 0 Å². The van der Waals surface area contributed by atoms with Crippen LogP contribution in [0.1, 0.15) is 21.5 Å². The molecule has 0 saturated heterocycles. The Bertz CT molecular complexity index is 672. The van der Waals surface area contributed by atoms with Gasteiger partial charge in [0.25, 0.3) is 5.91 Å². The quantitative estimate of drug-likeness (QED) is 0.820. The highest BCUT2D eigenvalue weighted by Gasteiger charge is 2.24. The summed E-state index contributed by atoms with van der Waals surface area (Å²) in [5.74, 6) is -0.0775. The van der Waals surface area contributed by atoms with E-state index in [1.54, 1.807) is 17.2 Å². The minimum atomic E-state index is -0.0775. The molecule has 0 unspecified atom stereocenters. The molecule has 1 aliphatic rings. The molecule has 0 saturated carbocycles. The van der Waals surface area contributed by atoms with E-state index in [-0.39, 0.29) is 5.91 Å². The smallest absolute Gasteiger partial charge is 0.255 e. The Morgan fingerprint density at radius 2 is 2.20 bits per heavy atom. The van der Waals surface area contributed by atoms with Crippen LogP contribution in [-0.4, -0.2) is 22.3 Å². The molecule has 2 N–H and O–H groups in total. The van der Waals surface area contributed by atoms with Crippen molar-refractivity contribution in [1.82, 2.24) is 9.88 Å². The van der Waals surface area contributed by atoms with Gasteiger partial charge in [0.1, 0.15) is 0 Å². The number of hydrogen-bond donors (Lipinski definition) is 1. The van der Waals surface area contributed by atoms with E-state index >= 15 is 0 Å². The monoisotopic (exact) mass is 287 g/mol. The number of pyridine rings is 1. The van der Waals surface area contributed by atoms with Gasteiger partial charge in [-0.25, -0.2) is 0 Å². The summed E-state index contributed by atoms with van der Waals surface area (Å²) >= 11 is 6.04. The number of aromatic nitrogens is 1. The Kier molecular flexibility index (Phi) is 3.32. The first-order valence-corrected chi connectivity index (χ1v) is 6.79. The number of hydrogen-bond acceptors (Lipinski definition) is 3. The minimum Gasteiger partial charge on any atom is -0.398 e. The summed E-state index contributed by atoms with van der Waals surface area (Å²) in [5, 5.41) is 0.379. The molecule has 0 fully saturated rings. The average molecular weight is 288 g/mol. The van der Waals surface area contributed by atoms with Gasteiger partial charge in [0.05, 0.1) is 10.6 Å². The predicted octanol–water partition coefficient (Wildman–Crippen LogP) is 2.52. The van der Waals surface area contributed by atoms with Crippen LogP contribution in [-0.2, 0) is 13.0 Å². The minimum absolute atomic E-state index is 0.0775. The highest BCUT2D eigenvalue weighted by Crippen LogP contribution is 2.26. The van der Waals surface area contributed by atoms with E-state index < -0.39 is 0 Å². The van der Waals surface area contributed by atoms with Crippen molar-refractivity contribution in [3.8, 4) is 0 Å². The lowest BCUT2D eigenvalue weighted by Gasteiger charge is -2.30. The lowest BCUT2D eigenvalue weighted by Crippen LogP contribution is -2.36. The molecule has 1 aromatic heterocycles. The first kappa shape index (κ1) is 12.9. The third-order valence-corrected chi connectivity index (χ3v) is 3.90. The fourth-order valence-corrected chi connectivity index (χ4v) is 2.70. The molecule has 0 spiro atoms. The zero-order valence-corrected chi connectivity index (χ0v) is 11.6. The Morgan fingerprint density at radius 1 is 1.35 bits per heavy atom. The summed E-state index contributed by atoms with van der Waals surface area (Å²) in [4.78, 5) is 18.2. The van der Waals surface area contributed by atoms with Crippen molar-refractivity contribution < 1.29 is 4.79 Å². The molecule has 1 aromatic carbocycles. The standard InChI is InChI=1S/C15H14ClN3O/c16-13-8-18-6-4-11(13)15(20)19-7-5-10-2-1-3-14(17)12(10)9-19/h1-4,6,8H,5,7,9,17H2. The molecule has 2 heterocycles. The van der Waals surface area contributed by atoms with Crippen molar-refractivity contribution in [3.05, 3.63) is 58.4 Å². The molecule has 5 heteroatoms. The van der Waals surface area contributed by atoms with E-state index in [2.05, 4.69) is 11.1 Å². The summed E-state index contributed by atoms with van der Waals surface area (Å²) < 4.78 is 0. The second-order valence-electron chi connectivity index (χ2n) is 4.82. The second kappa shape index (κ2) is 5.13. The van der Waals surface area contributed by atoms with Crippen molar-refractivity contribution >= 4 is 23.2 Å². The van der Waals surface area contributed by atoms with Gasteiger partial charge in [-0.05, 0) is 29.7 Å². The van der Waals surface area contributed by atoms with Gasteiger partial charge in [-0.3, -0.25) is 9.78 Å². The fourth-order valence-electron chi connectivity index (χ4n) is 2.50. The number of fused-ring (bicyclic) bond motifs is 1. The van der Waals surface area contributed by atoms with Crippen LogP contribution in [0.15, 0.2) is 36.7 Å². The number of carbonyl (C=O) groups excluding carboxylic acids is 1. The maximum atomic E-state index is 12.5. The molecule has 4 nitrogen and oxygen atoms in total. The topological polar surface area (TPSA) is 59.2 Å². The zero-order valence-electron chi connectivity index (χ0n) is 10.8. The molecule has 102 valence electrons. The number of carbonyl (C=O) groups is 1. The van der Waals surface area contributed by atoms with Gasteiger partial charge >= 0.3 is 0 Å². The van der Waals surface area contributed by atoms with Crippen LogP contribution in [0, 0.1) is 0 Å². The highest BCUT2D eigenvalue weighted by molar-refractivity contribution is 6.33. The highest BCUT2D eigenvalue weighted by atomic mass is 35.5. The van der Waals surface area contributed by atoms with Crippen LogP contribution in [0.2, 0.25) is 5.02 Å². The lowest BCUT2D eigenvalue weighted by molar-refractivity contribution is 0.0735. The van der Waals surface area contributed by atoms with Gasteiger partial charge in [0, 0.05) is 31.2 Å². The number of halogens is 1. The summed E-state index contributed by atoms with van der Waals surface area (Å²) in [6.07, 6.45) is 3.88. The second-order valence-corrected chi connectivity index (χ2v) is 5.22. The maximum Gasteiger partial charge on any atom is 0.255 e. The maximum absolute atomic E-state index is 12.5. The Morgan fingerprint density at radius 3 is 3.00 bits per heavy atom. The molecular formula is C15H14ClN3O. The van der Waals surface area contributed by atoms with Gasteiger partial charge in [-0.1, -0.05) is 23.7 Å². The number of amides is 1. The molecule has 0 atom stereocenters. The van der Waals surface area contributed by atoms with E-state index in [0.717, 1.165) is 17.7 Å². The summed E-state index contributed by atoms with van der Waals surface area (Å²) in [6, 6.07) is 7.53. The van der Waals surface area contributed by atoms with Crippen LogP contribution in [0.5, 0.6) is 0 Å². The van der Waals surface area contributed by atoms with E-state index in [9.17, 15) is 4.79 Å². The third-order valence-electron chi connectivity index (χ3n) is 3.60. The van der Waals surface area contributed by atoms with E-state index in [0.29, 0.717) is 23.7 Å². The molecule has 20 heavy (non-hydrogen) atoms. The van der Waals surface area contributed by atoms with Crippen molar-refractivity contribution in [2.45, 2.75) is 13.0 Å². The molecule has 1 aliphatic heterocycles. The Balaban J connectivity index is 1.89. The SMILES string of the molecule is Nc1cccc2c1CN(C(=O)c1ccncc1Cl)CC2. The lowest BCUT2D eigenvalue weighted by atomic mass is 9.97. The van der Waals surface area contributed by atoms with Crippen LogP contribution in [0.4, 0.5) is 5.69 Å². The Hall–Kier alpha value is -2.07. The molecule has 0 radical (unpaired) electrons. The first-order valence-electron chi connectivity index (χ1n) is 6.42. The zero-order chi connectivity index (χ0) is 14.1. The van der Waals surface area contributed by atoms with Crippen LogP contribution >= 0.6 is 11.6 Å². The molecule has 3 rings (SSSR count). The van der Waals surface area contributed by atoms with E-state index in [1.807, 2.05) is 12.1 Å². The van der Waals surface area contributed by atoms with Gasteiger partial charge in [-0.15, -0.1) is 0 Å². The van der Waals surface area contributed by atoms with Crippen molar-refractivity contribution in [2.24, 2.45) is 0 Å².